The number of likely N-dealkylation sites (tertiary alicyclic amines) is 1. The smallest absolute Gasteiger partial charge is 0.391 e. The molecule has 0 saturated carbocycles. The van der Waals surface area contributed by atoms with Gasteiger partial charge in [-0.25, -0.2) is 0 Å². The number of nitrogens with zero attached hydrogens (tertiary/aromatic N) is 1. The molecule has 0 spiro atoms. The Balaban J connectivity index is 2.19. The topological polar surface area (TPSA) is 40.5 Å². The van der Waals surface area contributed by atoms with Crippen molar-refractivity contribution in [2.24, 2.45) is 5.92 Å². The molecular weight excluding hydrogens is 223 g/mol. The first-order valence-electron chi connectivity index (χ1n) is 5.40. The van der Waals surface area contributed by atoms with Crippen molar-refractivity contribution >= 4 is 5.97 Å². The van der Waals surface area contributed by atoms with Crippen molar-refractivity contribution in [2.45, 2.75) is 31.9 Å². The number of halogens is 3. The molecule has 6 heteroatoms. The summed E-state index contributed by atoms with van der Waals surface area (Å²) in [5.74, 6) is -2.03. The molecule has 0 aliphatic carbocycles. The van der Waals surface area contributed by atoms with Crippen molar-refractivity contribution in [2.75, 3.05) is 19.6 Å². The van der Waals surface area contributed by atoms with Gasteiger partial charge in [0.15, 0.2) is 0 Å². The van der Waals surface area contributed by atoms with Crippen LogP contribution in [0.1, 0.15) is 25.7 Å². The average molecular weight is 239 g/mol. The Morgan fingerprint density at radius 3 is 2.31 bits per heavy atom. The predicted octanol–water partition coefficient (Wildman–Crippen LogP) is 2.13. The van der Waals surface area contributed by atoms with Gasteiger partial charge in [0, 0.05) is 6.42 Å². The highest BCUT2D eigenvalue weighted by Crippen LogP contribution is 2.33. The van der Waals surface area contributed by atoms with E-state index in [0.29, 0.717) is 26.1 Å². The molecule has 1 heterocycles. The monoisotopic (exact) mass is 239 g/mol. The molecule has 0 atom stereocenters. The lowest BCUT2D eigenvalue weighted by atomic mass is 9.96. The molecule has 1 aliphatic heterocycles. The van der Waals surface area contributed by atoms with E-state index in [1.165, 1.54) is 0 Å². The summed E-state index contributed by atoms with van der Waals surface area (Å²) in [6, 6.07) is 0. The van der Waals surface area contributed by atoms with Crippen LogP contribution < -0.4 is 0 Å². The summed E-state index contributed by atoms with van der Waals surface area (Å²) in [6.07, 6.45) is -3.22. The summed E-state index contributed by atoms with van der Waals surface area (Å²) in [7, 11) is 0. The molecule has 1 saturated heterocycles. The van der Waals surface area contributed by atoms with E-state index in [2.05, 4.69) is 0 Å². The van der Waals surface area contributed by atoms with Crippen LogP contribution in [0.25, 0.3) is 0 Å². The molecule has 3 nitrogen and oxygen atoms in total. The Bertz CT molecular complexity index is 235. The molecule has 94 valence electrons. The highest BCUT2D eigenvalue weighted by Gasteiger charge is 2.40. The average Bonchev–Trinajstić information content (AvgIpc) is 2.16. The fraction of sp³-hybridized carbons (Fsp3) is 0.900. The maximum absolute atomic E-state index is 12.3. The Labute approximate surface area is 92.2 Å². The van der Waals surface area contributed by atoms with Crippen molar-refractivity contribution < 1.29 is 23.1 Å². The Morgan fingerprint density at radius 2 is 1.88 bits per heavy atom. The van der Waals surface area contributed by atoms with E-state index in [-0.39, 0.29) is 19.3 Å². The first kappa shape index (κ1) is 13.3. The van der Waals surface area contributed by atoms with E-state index in [4.69, 9.17) is 5.11 Å². The number of aliphatic carboxylic acids is 1. The molecule has 1 aliphatic rings. The van der Waals surface area contributed by atoms with Gasteiger partial charge < -0.3 is 10.0 Å². The van der Waals surface area contributed by atoms with Gasteiger partial charge in [0.05, 0.1) is 5.92 Å². The zero-order chi connectivity index (χ0) is 12.2. The molecule has 0 aromatic rings. The zero-order valence-corrected chi connectivity index (χ0v) is 8.96. The third kappa shape index (κ3) is 4.38. The second kappa shape index (κ2) is 5.52. The fourth-order valence-corrected chi connectivity index (χ4v) is 1.94. The minimum absolute atomic E-state index is 0.0825. The second-order valence-corrected chi connectivity index (χ2v) is 4.15. The van der Waals surface area contributed by atoms with Gasteiger partial charge in [-0.05, 0) is 38.9 Å². The number of carboxylic acid groups (broad SMARTS) is 1. The van der Waals surface area contributed by atoms with Gasteiger partial charge in [-0.1, -0.05) is 0 Å². The number of rotatable bonds is 4. The van der Waals surface area contributed by atoms with Crippen molar-refractivity contribution in [3.05, 3.63) is 0 Å². The summed E-state index contributed by atoms with van der Waals surface area (Å²) in [5.41, 5.74) is 0. The Hall–Kier alpha value is -0.780. The second-order valence-electron chi connectivity index (χ2n) is 4.15. The minimum atomic E-state index is -4.08. The molecule has 1 N–H and O–H groups in total. The van der Waals surface area contributed by atoms with E-state index < -0.39 is 18.1 Å². The van der Waals surface area contributed by atoms with Crippen LogP contribution in [0.3, 0.4) is 0 Å². The van der Waals surface area contributed by atoms with Crippen LogP contribution in [0.4, 0.5) is 13.2 Å². The maximum atomic E-state index is 12.3. The Morgan fingerprint density at radius 1 is 1.31 bits per heavy atom. The quantitative estimate of drug-likeness (QED) is 0.817. The number of hydrogen-bond donors (Lipinski definition) is 1. The van der Waals surface area contributed by atoms with Gasteiger partial charge in [0.2, 0.25) is 0 Å². The molecule has 1 fully saturated rings. The van der Waals surface area contributed by atoms with Crippen LogP contribution in [-0.4, -0.2) is 41.8 Å². The molecule has 0 aromatic carbocycles. The van der Waals surface area contributed by atoms with Crippen molar-refractivity contribution in [1.82, 2.24) is 4.90 Å². The summed E-state index contributed by atoms with van der Waals surface area (Å²) in [6.45, 7) is 1.42. The molecule has 0 bridgehead atoms. The lowest BCUT2D eigenvalue weighted by molar-refractivity contribution is -0.185. The number of carboxylic acids is 1. The van der Waals surface area contributed by atoms with Crippen LogP contribution in [0.2, 0.25) is 0 Å². The standard InChI is InChI=1S/C10H16F3NO2/c11-10(12,13)8-3-6-14(7-4-8)5-1-2-9(15)16/h8H,1-7H2,(H,15,16). The van der Waals surface area contributed by atoms with Crippen LogP contribution in [0.15, 0.2) is 0 Å². The molecule has 16 heavy (non-hydrogen) atoms. The summed E-state index contributed by atoms with van der Waals surface area (Å²) in [5, 5.41) is 8.42. The summed E-state index contributed by atoms with van der Waals surface area (Å²) >= 11 is 0. The van der Waals surface area contributed by atoms with Gasteiger partial charge in [0.1, 0.15) is 0 Å². The lowest BCUT2D eigenvalue weighted by Crippen LogP contribution is -2.39. The van der Waals surface area contributed by atoms with Crippen molar-refractivity contribution in [1.29, 1.82) is 0 Å². The molecule has 0 radical (unpaired) electrons. The van der Waals surface area contributed by atoms with Gasteiger partial charge in [0.25, 0.3) is 0 Å². The third-order valence-electron chi connectivity index (χ3n) is 2.92. The first-order chi connectivity index (χ1) is 7.39. The normalized spacial score (nSPS) is 19.9. The lowest BCUT2D eigenvalue weighted by Gasteiger charge is -2.32. The SMILES string of the molecule is O=C(O)CCCN1CCC(C(F)(F)F)CC1. The fourth-order valence-electron chi connectivity index (χ4n) is 1.94. The van der Waals surface area contributed by atoms with Crippen LogP contribution in [0, 0.1) is 5.92 Å². The molecule has 1 rings (SSSR count). The summed E-state index contributed by atoms with van der Waals surface area (Å²) in [4.78, 5) is 12.2. The van der Waals surface area contributed by atoms with Gasteiger partial charge >= 0.3 is 12.1 Å². The minimum Gasteiger partial charge on any atom is -0.481 e. The maximum Gasteiger partial charge on any atom is 0.391 e. The van der Waals surface area contributed by atoms with Crippen molar-refractivity contribution in [3.8, 4) is 0 Å². The highest BCUT2D eigenvalue weighted by molar-refractivity contribution is 5.66. The van der Waals surface area contributed by atoms with Gasteiger partial charge in [-0.3, -0.25) is 4.79 Å². The van der Waals surface area contributed by atoms with E-state index >= 15 is 0 Å². The molecule has 0 aromatic heterocycles. The van der Waals surface area contributed by atoms with E-state index in [0.717, 1.165) is 0 Å². The molecule has 0 amide bonds. The number of piperidine rings is 1. The number of alkyl halides is 3. The molecule has 0 unspecified atom stereocenters. The third-order valence-corrected chi connectivity index (χ3v) is 2.92. The highest BCUT2D eigenvalue weighted by atomic mass is 19.4. The number of carbonyl (C=O) groups is 1. The van der Waals surface area contributed by atoms with Crippen LogP contribution in [0.5, 0.6) is 0 Å². The zero-order valence-electron chi connectivity index (χ0n) is 8.96. The Kier molecular flexibility index (Phi) is 4.58. The summed E-state index contributed by atoms with van der Waals surface area (Å²) < 4.78 is 37.0. The van der Waals surface area contributed by atoms with Gasteiger partial charge in [-0.2, -0.15) is 13.2 Å². The first-order valence-corrected chi connectivity index (χ1v) is 5.40. The van der Waals surface area contributed by atoms with Crippen LogP contribution >= 0.6 is 0 Å². The van der Waals surface area contributed by atoms with Gasteiger partial charge in [-0.15, -0.1) is 0 Å². The predicted molar refractivity (Wildman–Crippen MR) is 52.1 cm³/mol. The molecular formula is C10H16F3NO2. The number of hydrogen-bond acceptors (Lipinski definition) is 2. The van der Waals surface area contributed by atoms with E-state index in [1.54, 1.807) is 0 Å². The largest absolute Gasteiger partial charge is 0.481 e. The van der Waals surface area contributed by atoms with E-state index in [9.17, 15) is 18.0 Å². The van der Waals surface area contributed by atoms with Crippen LogP contribution in [-0.2, 0) is 4.79 Å². The van der Waals surface area contributed by atoms with E-state index in [1.807, 2.05) is 4.90 Å². The van der Waals surface area contributed by atoms with Crippen molar-refractivity contribution in [3.63, 3.8) is 0 Å².